The fourth-order valence-electron chi connectivity index (χ4n) is 4.76. The van der Waals surface area contributed by atoms with Crippen molar-refractivity contribution in [3.05, 3.63) is 84.2 Å². The smallest absolute Gasteiger partial charge is 0.433 e. The maximum absolute atomic E-state index is 13.5. The maximum atomic E-state index is 13.5. The fraction of sp³-hybridized carbons (Fsp3) is 0.286. The Labute approximate surface area is 220 Å². The van der Waals surface area contributed by atoms with Crippen LogP contribution in [0.3, 0.4) is 0 Å². The zero-order chi connectivity index (χ0) is 25.1. The van der Waals surface area contributed by atoms with E-state index in [0.717, 1.165) is 55.5 Å². The van der Waals surface area contributed by atoms with Crippen molar-refractivity contribution in [1.29, 1.82) is 0 Å². The molecule has 0 bridgehead atoms. The third kappa shape index (κ3) is 5.81. The van der Waals surface area contributed by atoms with Gasteiger partial charge in [-0.1, -0.05) is 48.5 Å². The van der Waals surface area contributed by atoms with Gasteiger partial charge >= 0.3 is 6.18 Å². The molecule has 1 saturated heterocycles. The lowest BCUT2D eigenvalue weighted by Gasteiger charge is -2.25. The van der Waals surface area contributed by atoms with Crippen molar-refractivity contribution >= 4 is 29.1 Å². The minimum atomic E-state index is -4.52. The van der Waals surface area contributed by atoms with E-state index in [-0.39, 0.29) is 12.4 Å². The Balaban J connectivity index is 0.00000320. The van der Waals surface area contributed by atoms with Crippen LogP contribution in [-0.4, -0.2) is 48.2 Å². The number of aromatic nitrogens is 2. The first-order chi connectivity index (χ1) is 17.4. The van der Waals surface area contributed by atoms with E-state index in [1.54, 1.807) is 13.3 Å². The molecule has 0 unspecified atom stereocenters. The van der Waals surface area contributed by atoms with Crippen LogP contribution < -0.4 is 9.64 Å². The molecule has 1 aliphatic rings. The molecule has 5 rings (SSSR count). The monoisotopic (exact) mass is 528 g/mol. The molecule has 0 spiro atoms. The quantitative estimate of drug-likeness (QED) is 0.297. The van der Waals surface area contributed by atoms with E-state index < -0.39 is 11.9 Å². The predicted molar refractivity (Wildman–Crippen MR) is 142 cm³/mol. The summed E-state index contributed by atoms with van der Waals surface area (Å²) in [7, 11) is 1.68. The van der Waals surface area contributed by atoms with Crippen molar-refractivity contribution in [2.75, 3.05) is 38.2 Å². The largest absolute Gasteiger partial charge is 0.496 e. The molecular weight excluding hydrogens is 501 g/mol. The van der Waals surface area contributed by atoms with E-state index in [4.69, 9.17) is 9.72 Å². The van der Waals surface area contributed by atoms with Crippen LogP contribution in [0.25, 0.3) is 22.0 Å². The van der Waals surface area contributed by atoms with Gasteiger partial charge in [0.1, 0.15) is 17.3 Å². The van der Waals surface area contributed by atoms with Gasteiger partial charge in [-0.25, -0.2) is 9.97 Å². The molecule has 3 heterocycles. The van der Waals surface area contributed by atoms with Crippen LogP contribution in [0.1, 0.15) is 17.7 Å². The van der Waals surface area contributed by atoms with E-state index >= 15 is 0 Å². The van der Waals surface area contributed by atoms with Gasteiger partial charge in [-0.05, 0) is 30.2 Å². The van der Waals surface area contributed by atoms with E-state index in [1.165, 1.54) is 6.07 Å². The van der Waals surface area contributed by atoms with Crippen molar-refractivity contribution in [2.24, 2.45) is 0 Å². The third-order valence-corrected chi connectivity index (χ3v) is 6.56. The summed E-state index contributed by atoms with van der Waals surface area (Å²) >= 11 is 0. The maximum Gasteiger partial charge on any atom is 0.433 e. The molecule has 9 heteroatoms. The van der Waals surface area contributed by atoms with Crippen molar-refractivity contribution in [2.45, 2.75) is 19.1 Å². The Morgan fingerprint density at radius 2 is 1.65 bits per heavy atom. The molecule has 0 saturated carbocycles. The van der Waals surface area contributed by atoms with Crippen LogP contribution >= 0.6 is 12.4 Å². The van der Waals surface area contributed by atoms with Gasteiger partial charge in [0.05, 0.1) is 12.6 Å². The zero-order valence-electron chi connectivity index (χ0n) is 20.4. The molecule has 0 amide bonds. The second-order valence-corrected chi connectivity index (χ2v) is 8.88. The second-order valence-electron chi connectivity index (χ2n) is 8.88. The number of para-hydroxylation sites is 1. The summed E-state index contributed by atoms with van der Waals surface area (Å²) < 4.78 is 46.1. The Hall–Kier alpha value is -3.36. The molecule has 0 radical (unpaired) electrons. The number of halogens is 4. The molecule has 194 valence electrons. The van der Waals surface area contributed by atoms with Crippen molar-refractivity contribution in [3.63, 3.8) is 0 Å². The van der Waals surface area contributed by atoms with Crippen molar-refractivity contribution in [1.82, 2.24) is 14.9 Å². The van der Waals surface area contributed by atoms with E-state index in [0.29, 0.717) is 28.8 Å². The second kappa shape index (κ2) is 11.4. The number of rotatable bonds is 5. The molecule has 1 aliphatic heterocycles. The summed E-state index contributed by atoms with van der Waals surface area (Å²) in [5, 5.41) is 0.627. The van der Waals surface area contributed by atoms with Crippen LogP contribution in [0, 0.1) is 0 Å². The van der Waals surface area contributed by atoms with E-state index in [2.05, 4.69) is 20.9 Å². The summed E-state index contributed by atoms with van der Waals surface area (Å²) in [6, 6.07) is 19.9. The highest BCUT2D eigenvalue weighted by Gasteiger charge is 2.33. The molecule has 0 aliphatic carbocycles. The molecule has 2 aromatic carbocycles. The molecule has 0 atom stereocenters. The van der Waals surface area contributed by atoms with E-state index in [1.807, 2.05) is 48.5 Å². The van der Waals surface area contributed by atoms with Crippen molar-refractivity contribution in [3.8, 4) is 16.9 Å². The van der Waals surface area contributed by atoms with Gasteiger partial charge in [0.2, 0.25) is 0 Å². The minimum absolute atomic E-state index is 0. The van der Waals surface area contributed by atoms with Gasteiger partial charge < -0.3 is 9.64 Å². The van der Waals surface area contributed by atoms with Crippen LogP contribution in [0.2, 0.25) is 0 Å². The number of nitrogens with zero attached hydrogens (tertiary/aromatic N) is 4. The number of hydrogen-bond acceptors (Lipinski definition) is 5. The Kier molecular flexibility index (Phi) is 8.19. The van der Waals surface area contributed by atoms with Crippen LogP contribution in [0.4, 0.5) is 19.0 Å². The highest BCUT2D eigenvalue weighted by Crippen LogP contribution is 2.36. The summed E-state index contributed by atoms with van der Waals surface area (Å²) in [5.41, 5.74) is 1.92. The standard InChI is InChI=1S/C28H27F3N4O.ClH/c1-36-24-11-6-5-10-21(24)19-34-14-7-15-35(17-16-34)27-22-12-13-25(28(29,30)31)33-26(22)23(18-32-27)20-8-3-2-4-9-20;/h2-6,8-13,18H,7,14-17,19H2,1H3;1H. The SMILES string of the molecule is COc1ccccc1CN1CCCN(c2ncc(-c3ccccc3)c3nc(C(F)(F)F)ccc23)CC1.Cl. The van der Waals surface area contributed by atoms with Crippen LogP contribution in [-0.2, 0) is 12.7 Å². The van der Waals surface area contributed by atoms with Crippen molar-refractivity contribution < 1.29 is 17.9 Å². The molecule has 1 fully saturated rings. The average molecular weight is 529 g/mol. The highest BCUT2D eigenvalue weighted by molar-refractivity contribution is 5.99. The number of alkyl halides is 3. The normalized spacial score (nSPS) is 14.8. The van der Waals surface area contributed by atoms with Gasteiger partial charge in [0.15, 0.2) is 0 Å². The van der Waals surface area contributed by atoms with Gasteiger partial charge in [0.25, 0.3) is 0 Å². The topological polar surface area (TPSA) is 41.5 Å². The first kappa shape index (κ1) is 26.7. The summed E-state index contributed by atoms with van der Waals surface area (Å²) in [6.45, 7) is 3.95. The zero-order valence-corrected chi connectivity index (χ0v) is 21.2. The third-order valence-electron chi connectivity index (χ3n) is 6.56. The Morgan fingerprint density at radius 3 is 2.41 bits per heavy atom. The predicted octanol–water partition coefficient (Wildman–Crippen LogP) is 6.46. The fourth-order valence-corrected chi connectivity index (χ4v) is 4.76. The number of pyridine rings is 2. The molecule has 4 aromatic rings. The summed E-state index contributed by atoms with van der Waals surface area (Å²) in [5.74, 6) is 1.54. The minimum Gasteiger partial charge on any atom is -0.496 e. The van der Waals surface area contributed by atoms with Gasteiger partial charge in [0, 0.05) is 55.4 Å². The molecule has 37 heavy (non-hydrogen) atoms. The number of benzene rings is 2. The summed E-state index contributed by atoms with van der Waals surface area (Å²) in [4.78, 5) is 13.4. The molecule has 0 N–H and O–H groups in total. The molecule has 2 aromatic heterocycles. The summed E-state index contributed by atoms with van der Waals surface area (Å²) in [6.07, 6.45) is -1.96. The van der Waals surface area contributed by atoms with Gasteiger partial charge in [-0.15, -0.1) is 12.4 Å². The lowest BCUT2D eigenvalue weighted by atomic mass is 10.0. The number of hydrogen-bond donors (Lipinski definition) is 0. The Morgan fingerprint density at radius 1 is 0.892 bits per heavy atom. The lowest BCUT2D eigenvalue weighted by molar-refractivity contribution is -0.140. The van der Waals surface area contributed by atoms with Gasteiger partial charge in [-0.2, -0.15) is 13.2 Å². The lowest BCUT2D eigenvalue weighted by Crippen LogP contribution is -2.31. The van der Waals surface area contributed by atoms with Crippen LogP contribution in [0.5, 0.6) is 5.75 Å². The molecular formula is C28H28ClF3N4O. The van der Waals surface area contributed by atoms with E-state index in [9.17, 15) is 13.2 Å². The average Bonchev–Trinajstić information content (AvgIpc) is 3.13. The van der Waals surface area contributed by atoms with Gasteiger partial charge in [-0.3, -0.25) is 4.90 Å². The first-order valence-corrected chi connectivity index (χ1v) is 12.0. The number of fused-ring (bicyclic) bond motifs is 1. The number of ether oxygens (including phenoxy) is 1. The first-order valence-electron chi connectivity index (χ1n) is 12.0. The molecule has 5 nitrogen and oxygen atoms in total. The Bertz CT molecular complexity index is 1350. The van der Waals surface area contributed by atoms with Crippen LogP contribution in [0.15, 0.2) is 72.9 Å². The number of methoxy groups -OCH3 is 1. The highest BCUT2D eigenvalue weighted by atomic mass is 35.5. The number of anilines is 1.